The zero-order valence-corrected chi connectivity index (χ0v) is 38.5. The van der Waals surface area contributed by atoms with Gasteiger partial charge in [-0.2, -0.15) is 8.78 Å². The molecule has 2 atom stereocenters. The van der Waals surface area contributed by atoms with Gasteiger partial charge in [0, 0.05) is 33.1 Å². The summed E-state index contributed by atoms with van der Waals surface area (Å²) in [6, 6.07) is 16.1. The lowest BCUT2D eigenvalue weighted by atomic mass is 10.1. The highest BCUT2D eigenvalue weighted by atomic mass is 32.2. The average molecular weight is 1020 g/mol. The summed E-state index contributed by atoms with van der Waals surface area (Å²) in [7, 11) is -7.35. The summed E-state index contributed by atoms with van der Waals surface area (Å²) in [6.07, 6.45) is 8.16. The van der Waals surface area contributed by atoms with Crippen LogP contribution in [0.15, 0.2) is 129 Å². The number of allylic oxidation sites excluding steroid dienone is 4. The second kappa shape index (κ2) is 21.7. The van der Waals surface area contributed by atoms with Gasteiger partial charge in [0.1, 0.15) is 11.6 Å². The predicted octanol–water partition coefficient (Wildman–Crippen LogP) is 11.1. The number of nitrogens with zero attached hydrogens (tertiary/aromatic N) is 2. The van der Waals surface area contributed by atoms with Crippen molar-refractivity contribution in [1.82, 2.24) is 9.97 Å². The van der Waals surface area contributed by atoms with Crippen molar-refractivity contribution in [2.24, 2.45) is 0 Å². The van der Waals surface area contributed by atoms with E-state index >= 15 is 0 Å². The fourth-order valence-electron chi connectivity index (χ4n) is 6.96. The highest BCUT2D eigenvalue weighted by molar-refractivity contribution is 7.95. The van der Waals surface area contributed by atoms with E-state index in [0.29, 0.717) is 70.3 Å². The van der Waals surface area contributed by atoms with Crippen molar-refractivity contribution in [2.75, 3.05) is 10.6 Å². The SMILES string of the molecule is O=C(Nc1ncc(F)s1)C(Oc1ccc(F)cc1F)c1ccc(S(=O)(=O)C2=CCCCC2)cc1.O=C(Nc1ncc(F)s1)C(Oc1ccc(F)cc1F)c1ccc(S(=O)(=O)C2=CCCCC2)cc1. The molecule has 4 aromatic carbocycles. The third-order valence-corrected chi connectivity index (χ3v) is 15.7. The zero-order chi connectivity index (χ0) is 48.6. The van der Waals surface area contributed by atoms with Gasteiger partial charge < -0.3 is 9.47 Å². The molecule has 356 valence electrons. The monoisotopic (exact) mass is 1020 g/mol. The van der Waals surface area contributed by atoms with Gasteiger partial charge in [-0.05, 0) is 99.9 Å². The van der Waals surface area contributed by atoms with Crippen LogP contribution in [0.5, 0.6) is 11.5 Å². The van der Waals surface area contributed by atoms with Crippen LogP contribution >= 0.6 is 22.7 Å². The van der Waals surface area contributed by atoms with Crippen LogP contribution in [0.25, 0.3) is 0 Å². The fourth-order valence-corrected chi connectivity index (χ4v) is 11.1. The van der Waals surface area contributed by atoms with Crippen LogP contribution in [0.4, 0.5) is 36.6 Å². The van der Waals surface area contributed by atoms with Crippen LogP contribution in [-0.4, -0.2) is 38.6 Å². The number of aromatic nitrogens is 2. The van der Waals surface area contributed by atoms with Crippen molar-refractivity contribution >= 4 is 64.4 Å². The number of benzene rings is 4. The van der Waals surface area contributed by atoms with Gasteiger partial charge >= 0.3 is 0 Å². The number of hydrogen-bond donors (Lipinski definition) is 2. The van der Waals surface area contributed by atoms with Crippen LogP contribution in [0.3, 0.4) is 0 Å². The molecule has 22 heteroatoms. The second-order valence-electron chi connectivity index (χ2n) is 15.0. The number of rotatable bonds is 14. The Bertz CT molecular complexity index is 2880. The summed E-state index contributed by atoms with van der Waals surface area (Å²) in [5.41, 5.74) is 0.407. The number of sulfone groups is 2. The Morgan fingerprint density at radius 3 is 1.24 bits per heavy atom. The minimum absolute atomic E-state index is 0.0425. The number of thiazole rings is 2. The quantitative estimate of drug-likeness (QED) is 0.100. The topological polar surface area (TPSA) is 171 Å². The zero-order valence-electron chi connectivity index (χ0n) is 35.3. The number of carbonyl (C=O) groups excluding carboxylic acids is 2. The normalized spacial score (nSPS) is 14.9. The lowest BCUT2D eigenvalue weighted by Crippen LogP contribution is -2.26. The van der Waals surface area contributed by atoms with Crippen LogP contribution in [0, 0.1) is 33.5 Å². The molecule has 0 radical (unpaired) electrons. The standard InChI is InChI=1S/2C23H19F3N2O4S2/c2*24-15-8-11-19(18(25)12-15)32-21(22(29)28-23-27-13-20(26)33-23)14-6-9-17(10-7-14)34(30,31)16-4-2-1-3-5-16/h2*4,6-13,21H,1-3,5H2,(H,27,28,29). The van der Waals surface area contributed by atoms with Gasteiger partial charge in [0.2, 0.25) is 31.9 Å². The number of amides is 2. The number of anilines is 2. The number of hydrogen-bond acceptors (Lipinski definition) is 12. The summed E-state index contributed by atoms with van der Waals surface area (Å²) >= 11 is 1.17. The molecule has 0 fully saturated rings. The predicted molar refractivity (Wildman–Crippen MR) is 241 cm³/mol. The molecule has 2 N–H and O–H groups in total. The van der Waals surface area contributed by atoms with Crippen molar-refractivity contribution < 1.29 is 62.2 Å². The van der Waals surface area contributed by atoms with Crippen LogP contribution in [-0.2, 0) is 29.3 Å². The minimum atomic E-state index is -3.67. The Balaban J connectivity index is 0.000000201. The summed E-state index contributed by atoms with van der Waals surface area (Å²) in [5.74, 6) is -6.09. The van der Waals surface area contributed by atoms with Gasteiger partial charge in [-0.3, -0.25) is 20.2 Å². The van der Waals surface area contributed by atoms with E-state index in [0.717, 1.165) is 62.3 Å². The van der Waals surface area contributed by atoms with Gasteiger partial charge in [-0.25, -0.2) is 44.4 Å². The Morgan fingerprint density at radius 2 is 0.926 bits per heavy atom. The first kappa shape index (κ1) is 49.5. The van der Waals surface area contributed by atoms with E-state index in [1.54, 1.807) is 12.2 Å². The molecule has 2 aromatic heterocycles. The number of ether oxygens (including phenoxy) is 2. The summed E-state index contributed by atoms with van der Waals surface area (Å²) in [5, 5.41) is 3.45. The maximum Gasteiger partial charge on any atom is 0.271 e. The van der Waals surface area contributed by atoms with Gasteiger partial charge in [0.05, 0.1) is 22.2 Å². The molecular formula is C46H38F6N4O8S4. The lowest BCUT2D eigenvalue weighted by molar-refractivity contribution is -0.123. The molecule has 8 rings (SSSR count). The van der Waals surface area contributed by atoms with E-state index in [1.807, 2.05) is 0 Å². The molecule has 0 spiro atoms. The molecule has 2 unspecified atom stereocenters. The summed E-state index contributed by atoms with van der Waals surface area (Å²) < 4.78 is 144. The first-order chi connectivity index (χ1) is 32.5. The van der Waals surface area contributed by atoms with Gasteiger partial charge in [0.25, 0.3) is 11.8 Å². The van der Waals surface area contributed by atoms with Gasteiger partial charge in [-0.1, -0.05) is 59.1 Å². The first-order valence-corrected chi connectivity index (χ1v) is 25.2. The molecule has 12 nitrogen and oxygen atoms in total. The Kier molecular flexibility index (Phi) is 15.8. The summed E-state index contributed by atoms with van der Waals surface area (Å²) in [6.45, 7) is 0. The highest BCUT2D eigenvalue weighted by Gasteiger charge is 2.30. The van der Waals surface area contributed by atoms with Crippen molar-refractivity contribution in [3.63, 3.8) is 0 Å². The molecule has 6 aromatic rings. The Labute approximate surface area is 394 Å². The molecule has 0 saturated carbocycles. The van der Waals surface area contributed by atoms with E-state index in [1.165, 1.54) is 48.5 Å². The van der Waals surface area contributed by atoms with E-state index < -0.39 is 88.7 Å². The third-order valence-electron chi connectivity index (χ3n) is 10.3. The summed E-state index contributed by atoms with van der Waals surface area (Å²) in [4.78, 5) is 34.1. The maximum atomic E-state index is 14.2. The molecule has 0 bridgehead atoms. The second-order valence-corrected chi connectivity index (χ2v) is 21.0. The molecule has 2 aliphatic carbocycles. The molecule has 68 heavy (non-hydrogen) atoms. The first-order valence-electron chi connectivity index (χ1n) is 20.6. The maximum absolute atomic E-state index is 14.2. The molecular weight excluding hydrogens is 979 g/mol. The lowest BCUT2D eigenvalue weighted by Gasteiger charge is -2.19. The molecule has 2 heterocycles. The van der Waals surface area contributed by atoms with Crippen molar-refractivity contribution in [1.29, 1.82) is 0 Å². The number of carbonyl (C=O) groups is 2. The van der Waals surface area contributed by atoms with Gasteiger partial charge in [0.15, 0.2) is 43.7 Å². The average Bonchev–Trinajstić information content (AvgIpc) is 3.94. The highest BCUT2D eigenvalue weighted by Crippen LogP contribution is 2.34. The molecule has 2 amide bonds. The Morgan fingerprint density at radius 1 is 0.544 bits per heavy atom. The molecule has 0 aliphatic heterocycles. The van der Waals surface area contributed by atoms with Crippen molar-refractivity contribution in [3.05, 3.63) is 164 Å². The van der Waals surface area contributed by atoms with E-state index in [2.05, 4.69) is 20.6 Å². The van der Waals surface area contributed by atoms with Crippen LogP contribution in [0.1, 0.15) is 74.7 Å². The molecule has 0 saturated heterocycles. The van der Waals surface area contributed by atoms with E-state index in [4.69, 9.17) is 9.47 Å². The third kappa shape index (κ3) is 12.2. The van der Waals surface area contributed by atoms with Crippen molar-refractivity contribution in [3.8, 4) is 11.5 Å². The Hall–Kier alpha value is -6.36. The molecule has 2 aliphatic rings. The number of halogens is 6. The smallest absolute Gasteiger partial charge is 0.271 e. The minimum Gasteiger partial charge on any atom is -0.473 e. The largest absolute Gasteiger partial charge is 0.473 e. The number of nitrogens with one attached hydrogen (secondary N) is 2. The fraction of sp³-hybridized carbons (Fsp3) is 0.217. The van der Waals surface area contributed by atoms with E-state index in [-0.39, 0.29) is 31.2 Å². The van der Waals surface area contributed by atoms with Crippen LogP contribution < -0.4 is 20.1 Å². The van der Waals surface area contributed by atoms with Crippen LogP contribution in [0.2, 0.25) is 0 Å². The van der Waals surface area contributed by atoms with E-state index in [9.17, 15) is 52.8 Å². The van der Waals surface area contributed by atoms with Crippen molar-refractivity contribution in [2.45, 2.75) is 73.4 Å². The van der Waals surface area contributed by atoms with Gasteiger partial charge in [-0.15, -0.1) is 0 Å².